The first-order chi connectivity index (χ1) is 58.4. The van der Waals surface area contributed by atoms with Crippen LogP contribution in [0.5, 0.6) is 0 Å². The minimum Gasteiger partial charge on any atom is -0.481 e. The molecule has 2 heterocycles. The maximum atomic E-state index is 14.7. The van der Waals surface area contributed by atoms with Gasteiger partial charge in [-0.05, 0) is 125 Å². The van der Waals surface area contributed by atoms with Gasteiger partial charge in [0.25, 0.3) is 0 Å². The van der Waals surface area contributed by atoms with E-state index in [-0.39, 0.29) is 101 Å². The molecule has 0 aromatic rings. The largest absolute Gasteiger partial charge is 0.481 e. The molecule has 0 aliphatic carbocycles. The number of aliphatic imine (C=N–C) groups is 1. The summed E-state index contributed by atoms with van der Waals surface area (Å²) in [7, 11) is 0. The number of carbonyl (C=O) groups excluding carboxylic acids is 15. The molecule has 45 heteroatoms. The molecule has 0 unspecified atom stereocenters. The molecule has 0 aromatic heterocycles. The van der Waals surface area contributed by atoms with Gasteiger partial charge in [-0.15, -0.1) is 0 Å². The number of nitrogens with zero attached hydrogens (tertiary/aromatic N) is 3. The van der Waals surface area contributed by atoms with Crippen molar-refractivity contribution in [1.29, 1.82) is 0 Å². The summed E-state index contributed by atoms with van der Waals surface area (Å²) in [5, 5.41) is 93.2. The molecule has 19 atom stereocenters. The molecule has 2 saturated heterocycles. The third kappa shape index (κ3) is 36.5. The van der Waals surface area contributed by atoms with Crippen molar-refractivity contribution in [1.82, 2.24) is 78.9 Å². The molecule has 2 aliphatic heterocycles. The van der Waals surface area contributed by atoms with Crippen LogP contribution in [0.15, 0.2) is 4.99 Å². The Morgan fingerprint density at radius 1 is 0.416 bits per heavy atom. The summed E-state index contributed by atoms with van der Waals surface area (Å²) in [6.07, 6.45) is -2.72. The number of carboxylic acid groups (broad SMARTS) is 4. The van der Waals surface area contributed by atoms with Crippen LogP contribution in [-0.4, -0.2) is 300 Å². The van der Waals surface area contributed by atoms with Gasteiger partial charge in [0, 0.05) is 32.5 Å². The van der Waals surface area contributed by atoms with E-state index in [4.69, 9.17) is 17.2 Å². The van der Waals surface area contributed by atoms with Crippen molar-refractivity contribution in [3.63, 3.8) is 0 Å². The molecule has 2 fully saturated rings. The number of aliphatic carboxylic acids is 4. The predicted molar refractivity (Wildman–Crippen MR) is 456 cm³/mol. The second-order valence-corrected chi connectivity index (χ2v) is 34.6. The fraction of sp³-hybridized carbons (Fsp3) is 0.750. The predicted octanol–water partition coefficient (Wildman–Crippen LogP) is -4.17. The maximum Gasteiger partial charge on any atom is 0.326 e. The summed E-state index contributed by atoms with van der Waals surface area (Å²) in [5.74, 6) is -24.8. The normalized spacial score (nSPS) is 18.0. The van der Waals surface area contributed by atoms with Crippen LogP contribution in [0.25, 0.3) is 0 Å². The van der Waals surface area contributed by atoms with Crippen LogP contribution in [0, 0.1) is 41.4 Å². The summed E-state index contributed by atoms with van der Waals surface area (Å²) in [4.78, 5) is 268. The van der Waals surface area contributed by atoms with E-state index in [9.17, 15) is 122 Å². The molecule has 125 heavy (non-hydrogen) atoms. The van der Waals surface area contributed by atoms with E-state index in [0.717, 1.165) is 4.90 Å². The third-order valence-electron chi connectivity index (χ3n) is 21.6. The lowest BCUT2D eigenvalue weighted by atomic mass is 9.96. The minimum atomic E-state index is -1.88. The van der Waals surface area contributed by atoms with Crippen molar-refractivity contribution in [3.8, 4) is 0 Å². The van der Waals surface area contributed by atoms with Gasteiger partial charge >= 0.3 is 23.9 Å². The zero-order valence-electron chi connectivity index (χ0n) is 74.4. The first-order valence-electron chi connectivity index (χ1n) is 42.4. The minimum absolute atomic E-state index is 0.0145. The van der Waals surface area contributed by atoms with Gasteiger partial charge in [-0.25, -0.2) is 4.79 Å². The lowest BCUT2D eigenvalue weighted by molar-refractivity contribution is -0.146. The van der Waals surface area contributed by atoms with E-state index in [1.54, 1.807) is 82.4 Å². The molecular weight excluding hydrogens is 1660 g/mol. The van der Waals surface area contributed by atoms with Crippen LogP contribution in [0.3, 0.4) is 0 Å². The fourth-order valence-electron chi connectivity index (χ4n) is 13.7. The van der Waals surface area contributed by atoms with Crippen LogP contribution < -0.4 is 86.3 Å². The Morgan fingerprint density at radius 2 is 0.784 bits per heavy atom. The van der Waals surface area contributed by atoms with Crippen LogP contribution in [0.4, 0.5) is 0 Å². The third-order valence-corrected chi connectivity index (χ3v) is 22.2. The van der Waals surface area contributed by atoms with E-state index in [2.05, 4.69) is 74.1 Å². The van der Waals surface area contributed by atoms with Crippen LogP contribution in [-0.2, 0) is 91.1 Å². The molecule has 708 valence electrons. The Balaban J connectivity index is 2.46. The van der Waals surface area contributed by atoms with E-state index >= 15 is 0 Å². The summed E-state index contributed by atoms with van der Waals surface area (Å²) in [6.45, 7) is 22.4. The summed E-state index contributed by atoms with van der Waals surface area (Å²) in [6, 6.07) is -24.3. The number of carbonyl (C=O) groups is 19. The number of hydrogen-bond acceptors (Lipinski definition) is 24. The van der Waals surface area contributed by atoms with Gasteiger partial charge in [-0.1, -0.05) is 110 Å². The van der Waals surface area contributed by atoms with E-state index in [1.807, 2.05) is 0 Å². The van der Waals surface area contributed by atoms with Crippen molar-refractivity contribution >= 4 is 130 Å². The quantitative estimate of drug-likeness (QED) is 0.0156. The number of thioether (sulfide) groups is 1. The zero-order valence-corrected chi connectivity index (χ0v) is 75.2. The SMILES string of the molecule is CC[C@H](C)[C@H](NC(=O)[C@H](CO)NC(=O)[C@@H](NC(=O)[C@H](CCC(=O)O)NC(=O)[C@@H](NC(=O)[C@@H](NC(=O)[C@H](CCCN=C(N)N)NC(=O)[C@@H](NC(=O)[C@@H](N)C(C)C)[C@@H](C)O)C(C)C)C(C)C)[C@@H](C)CC)C(=O)N[C@@H](CCSC)C(=O)N[C@@H](CCC(=O)O)C(=O)N1CCC[C@H]1C(=O)N[C@@H](CC(=O)O)C(=O)N[C@H](C(=O)N1CCC[C@H]1C(=O)N[C@@H](CC(C)C)C(=O)O)C(C)C. The number of aliphatic hydroxyl groups is 2. The second-order valence-electron chi connectivity index (χ2n) is 33.6. The number of nitrogens with two attached hydrogens (primary N) is 3. The molecule has 44 nitrogen and oxygen atoms in total. The lowest BCUT2D eigenvalue weighted by Gasteiger charge is -2.32. The molecule has 2 rings (SSSR count). The van der Waals surface area contributed by atoms with Crippen molar-refractivity contribution in [2.75, 3.05) is 38.2 Å². The Bertz CT molecular complexity index is 3750. The topological polar surface area (TPSA) is 699 Å². The van der Waals surface area contributed by atoms with Crippen molar-refractivity contribution in [3.05, 3.63) is 0 Å². The highest BCUT2D eigenvalue weighted by Gasteiger charge is 2.46. The number of aliphatic hydroxyl groups excluding tert-OH is 2. The number of guanidine groups is 1. The molecular formula is C80H137N19O25S. The van der Waals surface area contributed by atoms with Crippen LogP contribution in [0.2, 0.25) is 0 Å². The molecule has 0 radical (unpaired) electrons. The first-order valence-corrected chi connectivity index (χ1v) is 43.8. The average Bonchev–Trinajstić information content (AvgIpc) is 1.73. The molecule has 25 N–H and O–H groups in total. The first kappa shape index (κ1) is 110. The number of rotatable bonds is 56. The standard InChI is InChI=1S/C80H137N19O25S/c1-17-42(13)61(74(118)87-47(29-33-125-16)64(108)88-48(26-28-55(104)105)77(121)98-31-20-23-52(98)69(113)89-49(35-56(106)107)67(111)94-60(41(11)12)78(122)99-32-21-24-53(99)70(114)90-50(79(123)124)34-37(3)4)96-68(112)51(36-100)91-75(119)62(43(14)18-2)95-66(110)46(25-27-54(102)103)86-72(116)58(39(7)8)93-73(117)59(40(9)10)92-65(109)45(22-19-30-84-80(82)83)85-76(120)63(44(15)101)97-71(115)57(81)38(5)6/h37-53,57-63,100-101H,17-36,81H2,1-16H3,(H,85,120)(H,86,116)(H,87,118)(H,88,108)(H,89,113)(H,90,114)(H,91,119)(H,92,109)(H,93,117)(H,94,111)(H,95,110)(H,96,112)(H,97,115)(H,102,103)(H,104,105)(H,106,107)(H,123,124)(H4,82,83,84)/t42-,43-,44+,45-,46-,47-,48-,49-,50-,51-,52-,53-,57-,58-,59-,60-,61-,62-,63-/m0/s1. The number of hydrogen-bond donors (Lipinski definition) is 22. The second kappa shape index (κ2) is 54.3. The van der Waals surface area contributed by atoms with Gasteiger partial charge < -0.3 is 127 Å². The summed E-state index contributed by atoms with van der Waals surface area (Å²) < 4.78 is 0. The highest BCUT2D eigenvalue weighted by atomic mass is 32.2. The number of amides is 15. The maximum absolute atomic E-state index is 14.7. The average molecular weight is 1800 g/mol. The van der Waals surface area contributed by atoms with Gasteiger partial charge in [0.1, 0.15) is 90.6 Å². The Hall–Kier alpha value is -10.6. The van der Waals surface area contributed by atoms with Gasteiger partial charge in [-0.3, -0.25) is 91.3 Å². The van der Waals surface area contributed by atoms with Gasteiger partial charge in [0.05, 0.1) is 25.2 Å². The Labute approximate surface area is 732 Å². The van der Waals surface area contributed by atoms with Gasteiger partial charge in [0.2, 0.25) is 88.6 Å². The molecule has 0 spiro atoms. The van der Waals surface area contributed by atoms with Crippen LogP contribution in [0.1, 0.15) is 200 Å². The Kier molecular flexibility index (Phi) is 48.0. The Morgan fingerprint density at radius 3 is 1.20 bits per heavy atom. The molecule has 15 amide bonds. The van der Waals surface area contributed by atoms with E-state index in [1.165, 1.54) is 44.4 Å². The molecule has 0 bridgehead atoms. The zero-order chi connectivity index (χ0) is 95.3. The molecule has 0 saturated carbocycles. The fourth-order valence-corrected chi connectivity index (χ4v) is 14.1. The molecule has 0 aromatic carbocycles. The highest BCUT2D eigenvalue weighted by Crippen LogP contribution is 2.25. The smallest absolute Gasteiger partial charge is 0.326 e. The highest BCUT2D eigenvalue weighted by molar-refractivity contribution is 7.98. The number of nitrogens with one attached hydrogen (secondary N) is 13. The lowest BCUT2D eigenvalue weighted by Crippen LogP contribution is -2.63. The number of likely N-dealkylation sites (tertiary alicyclic amines) is 2. The van der Waals surface area contributed by atoms with Crippen molar-refractivity contribution in [2.45, 2.75) is 303 Å². The van der Waals surface area contributed by atoms with Gasteiger partial charge in [-0.2, -0.15) is 11.8 Å². The van der Waals surface area contributed by atoms with Crippen molar-refractivity contribution in [2.24, 2.45) is 63.6 Å². The van der Waals surface area contributed by atoms with Crippen molar-refractivity contribution < 1.29 is 122 Å². The molecule has 2 aliphatic rings. The van der Waals surface area contributed by atoms with E-state index in [0.29, 0.717) is 6.42 Å². The van der Waals surface area contributed by atoms with E-state index < -0.39 is 284 Å². The van der Waals surface area contributed by atoms with Crippen LogP contribution >= 0.6 is 11.8 Å². The summed E-state index contributed by atoms with van der Waals surface area (Å²) >= 11 is 1.23. The monoisotopic (exact) mass is 1800 g/mol. The van der Waals surface area contributed by atoms with Gasteiger partial charge in [0.15, 0.2) is 5.96 Å². The summed E-state index contributed by atoms with van der Waals surface area (Å²) in [5.41, 5.74) is 17.0. The number of carboxylic acids is 4.